The Balaban J connectivity index is 2.39. The number of nitrogens with zero attached hydrogens (tertiary/aromatic N) is 2. The molecule has 0 fully saturated rings. The van der Waals surface area contributed by atoms with Crippen LogP contribution in [0.25, 0.3) is 0 Å². The Morgan fingerprint density at radius 1 is 1.16 bits per heavy atom. The van der Waals surface area contributed by atoms with Crippen molar-refractivity contribution in [2.45, 2.75) is 0 Å². The molecule has 1 heterocycles. The predicted octanol–water partition coefficient (Wildman–Crippen LogP) is 5.14. The van der Waals surface area contributed by atoms with Gasteiger partial charge in [0.15, 0.2) is 0 Å². The number of ether oxygens (including phenoxy) is 1. The molecule has 1 N–H and O–H groups in total. The average molecular weight is 428 g/mol. The van der Waals surface area contributed by atoms with Gasteiger partial charge in [0.1, 0.15) is 22.4 Å². The van der Waals surface area contributed by atoms with Crippen LogP contribution in [-0.2, 0) is 0 Å². The molecule has 4 nitrogen and oxygen atoms in total. The first-order valence-corrected chi connectivity index (χ1v) is 7.37. The average Bonchev–Trinajstić information content (AvgIpc) is 2.38. The summed E-state index contributed by atoms with van der Waals surface area (Å²) in [4.78, 5) is 8.08. The van der Waals surface area contributed by atoms with Crippen LogP contribution in [0.15, 0.2) is 27.4 Å². The van der Waals surface area contributed by atoms with Crippen molar-refractivity contribution in [2.24, 2.45) is 0 Å². The Morgan fingerprint density at radius 3 is 2.58 bits per heavy atom. The van der Waals surface area contributed by atoms with Crippen molar-refractivity contribution in [1.29, 1.82) is 0 Å². The lowest BCUT2D eigenvalue weighted by Crippen LogP contribution is -1.98. The highest BCUT2D eigenvalue weighted by atomic mass is 79.9. The van der Waals surface area contributed by atoms with Crippen molar-refractivity contribution in [3.8, 4) is 11.6 Å². The zero-order chi connectivity index (χ0) is 14.0. The van der Waals surface area contributed by atoms with E-state index in [0.717, 1.165) is 0 Å². The largest absolute Gasteiger partial charge is 0.436 e. The topological polar surface area (TPSA) is 47.0 Å². The first-order chi connectivity index (χ1) is 9.02. The number of hydrogen-bond donors (Lipinski definition) is 1. The van der Waals surface area contributed by atoms with Gasteiger partial charge in [0.25, 0.3) is 0 Å². The van der Waals surface area contributed by atoms with Crippen LogP contribution in [0.5, 0.6) is 11.6 Å². The van der Waals surface area contributed by atoms with E-state index in [2.05, 4.69) is 47.1 Å². The molecule has 0 amide bonds. The highest BCUT2D eigenvalue weighted by molar-refractivity contribution is 9.11. The summed E-state index contributed by atoms with van der Waals surface area (Å²) in [5, 5.41) is 3.83. The fraction of sp³-hybridized carbons (Fsp3) is 0.0909. The molecule has 2 rings (SSSR count). The Kier molecular flexibility index (Phi) is 4.89. The quantitative estimate of drug-likeness (QED) is 0.689. The van der Waals surface area contributed by atoms with Crippen molar-refractivity contribution in [3.63, 3.8) is 0 Å². The molecule has 1 aromatic heterocycles. The van der Waals surface area contributed by atoms with Gasteiger partial charge in [-0.3, -0.25) is 0 Å². The molecule has 1 aromatic carbocycles. The second kappa shape index (κ2) is 6.26. The van der Waals surface area contributed by atoms with Gasteiger partial charge < -0.3 is 10.1 Å². The summed E-state index contributed by atoms with van der Waals surface area (Å²) >= 11 is 18.7. The maximum Gasteiger partial charge on any atom is 0.238 e. The molecule has 0 saturated carbocycles. The van der Waals surface area contributed by atoms with Crippen LogP contribution in [0, 0.1) is 0 Å². The third kappa shape index (κ3) is 3.31. The number of halogens is 4. The van der Waals surface area contributed by atoms with E-state index in [0.29, 0.717) is 36.4 Å². The summed E-state index contributed by atoms with van der Waals surface area (Å²) in [6.07, 6.45) is 1.39. The minimum atomic E-state index is 0.347. The summed E-state index contributed by atoms with van der Waals surface area (Å²) in [7, 11) is 1.75. The van der Waals surface area contributed by atoms with Crippen molar-refractivity contribution < 1.29 is 4.74 Å². The first-order valence-electron chi connectivity index (χ1n) is 5.03. The Hall–Kier alpha value is -0.560. The number of aromatic nitrogens is 2. The van der Waals surface area contributed by atoms with Gasteiger partial charge in [-0.05, 0) is 37.9 Å². The smallest absolute Gasteiger partial charge is 0.238 e. The van der Waals surface area contributed by atoms with E-state index >= 15 is 0 Å². The molecule has 0 bridgehead atoms. The summed E-state index contributed by atoms with van der Waals surface area (Å²) in [6.45, 7) is 0. The lowest BCUT2D eigenvalue weighted by Gasteiger charge is -2.11. The molecule has 0 radical (unpaired) electrons. The zero-order valence-corrected chi connectivity index (χ0v) is 14.2. The van der Waals surface area contributed by atoms with E-state index in [1.165, 1.54) is 6.33 Å². The van der Waals surface area contributed by atoms with Gasteiger partial charge >= 0.3 is 0 Å². The van der Waals surface area contributed by atoms with Gasteiger partial charge in [0, 0.05) is 17.6 Å². The van der Waals surface area contributed by atoms with Crippen LogP contribution >= 0.6 is 55.1 Å². The second-order valence-corrected chi connectivity index (χ2v) is 5.85. The first kappa shape index (κ1) is 14.8. The number of anilines is 1. The van der Waals surface area contributed by atoms with E-state index in [4.69, 9.17) is 27.9 Å². The lowest BCUT2D eigenvalue weighted by molar-refractivity contribution is 0.458. The predicted molar refractivity (Wildman–Crippen MR) is 83.5 cm³/mol. The van der Waals surface area contributed by atoms with Gasteiger partial charge in [0.2, 0.25) is 5.88 Å². The van der Waals surface area contributed by atoms with Gasteiger partial charge in [-0.25, -0.2) is 9.97 Å². The van der Waals surface area contributed by atoms with E-state index in [1.54, 1.807) is 19.2 Å². The molecule has 0 unspecified atom stereocenters. The van der Waals surface area contributed by atoms with Gasteiger partial charge in [-0.2, -0.15) is 0 Å². The third-order valence-corrected chi connectivity index (χ3v) is 4.38. The van der Waals surface area contributed by atoms with Crippen LogP contribution in [-0.4, -0.2) is 17.0 Å². The minimum Gasteiger partial charge on any atom is -0.436 e. The minimum absolute atomic E-state index is 0.347. The molecule has 2 aromatic rings. The monoisotopic (exact) mass is 425 g/mol. The number of nitrogens with one attached hydrogen (secondary N) is 1. The van der Waals surface area contributed by atoms with Crippen LogP contribution in [0.1, 0.15) is 0 Å². The van der Waals surface area contributed by atoms with Crippen LogP contribution in [0.3, 0.4) is 0 Å². The molecule has 0 atom stereocenters. The van der Waals surface area contributed by atoms with E-state index < -0.39 is 0 Å². The summed E-state index contributed by atoms with van der Waals surface area (Å²) in [5.74, 6) is 1.38. The van der Waals surface area contributed by atoms with Crippen molar-refractivity contribution in [3.05, 3.63) is 37.5 Å². The lowest BCUT2D eigenvalue weighted by atomic mass is 10.3. The number of hydrogen-bond acceptors (Lipinski definition) is 4. The Bertz CT molecular complexity index is 625. The zero-order valence-electron chi connectivity index (χ0n) is 9.55. The molecular formula is C11H7Br2Cl2N3O. The van der Waals surface area contributed by atoms with Crippen molar-refractivity contribution in [1.82, 2.24) is 9.97 Å². The molecule has 8 heteroatoms. The Morgan fingerprint density at radius 2 is 1.89 bits per heavy atom. The second-order valence-electron chi connectivity index (χ2n) is 3.39. The summed E-state index contributed by atoms with van der Waals surface area (Å²) < 4.78 is 6.95. The fourth-order valence-corrected chi connectivity index (χ4v) is 2.60. The molecule has 0 saturated heterocycles. The van der Waals surface area contributed by atoms with Crippen LogP contribution in [0.2, 0.25) is 10.0 Å². The van der Waals surface area contributed by atoms with Gasteiger partial charge in [0.05, 0.1) is 10.0 Å². The molecule has 0 aliphatic heterocycles. The SMILES string of the molecule is CNc1ncnc(Oc2cc(Cl)c(Br)cc2Cl)c1Br. The van der Waals surface area contributed by atoms with E-state index in [1.807, 2.05) is 0 Å². The number of rotatable bonds is 3. The maximum atomic E-state index is 6.09. The van der Waals surface area contributed by atoms with Gasteiger partial charge in [-0.15, -0.1) is 0 Å². The fourth-order valence-electron chi connectivity index (χ4n) is 1.29. The molecular weight excluding hydrogens is 421 g/mol. The molecule has 0 spiro atoms. The normalized spacial score (nSPS) is 10.4. The van der Waals surface area contributed by atoms with Crippen molar-refractivity contribution in [2.75, 3.05) is 12.4 Å². The van der Waals surface area contributed by atoms with E-state index in [-0.39, 0.29) is 0 Å². The summed E-state index contributed by atoms with van der Waals surface area (Å²) in [6, 6.07) is 3.27. The summed E-state index contributed by atoms with van der Waals surface area (Å²) in [5.41, 5.74) is 0. The van der Waals surface area contributed by atoms with Crippen LogP contribution in [0.4, 0.5) is 5.82 Å². The van der Waals surface area contributed by atoms with Gasteiger partial charge in [-0.1, -0.05) is 23.2 Å². The van der Waals surface area contributed by atoms with Crippen LogP contribution < -0.4 is 10.1 Å². The molecule has 19 heavy (non-hydrogen) atoms. The third-order valence-electron chi connectivity index (χ3n) is 2.18. The Labute approximate surface area is 136 Å². The van der Waals surface area contributed by atoms with Crippen molar-refractivity contribution >= 4 is 60.9 Å². The standard InChI is InChI=1S/C11H7Br2Cl2N3O/c1-16-10-9(13)11(18-4-17-10)19-8-3-6(14)5(12)2-7(8)15/h2-4H,1H3,(H,16,17,18). The highest BCUT2D eigenvalue weighted by Gasteiger charge is 2.13. The highest BCUT2D eigenvalue weighted by Crippen LogP contribution is 2.38. The number of benzene rings is 1. The molecule has 100 valence electrons. The molecule has 0 aliphatic rings. The van der Waals surface area contributed by atoms with E-state index in [9.17, 15) is 0 Å². The molecule has 0 aliphatic carbocycles. The maximum absolute atomic E-state index is 6.09.